The first-order chi connectivity index (χ1) is 10.9. The number of rotatable bonds is 0. The Bertz CT molecular complexity index is 886. The molecule has 0 heterocycles. The fourth-order valence-corrected chi connectivity index (χ4v) is 4.74. The van der Waals surface area contributed by atoms with Gasteiger partial charge in [-0.1, -0.05) is 36.4 Å². The minimum Gasteiger partial charge on any atom is -0.0616 e. The third-order valence-corrected chi connectivity index (χ3v) is 5.82. The summed E-state index contributed by atoms with van der Waals surface area (Å²) in [5, 5.41) is 6.07. The molecular formula is C22H22. The van der Waals surface area contributed by atoms with Crippen molar-refractivity contribution < 1.29 is 0 Å². The van der Waals surface area contributed by atoms with E-state index in [1.165, 1.54) is 67.5 Å². The summed E-state index contributed by atoms with van der Waals surface area (Å²) >= 11 is 0. The van der Waals surface area contributed by atoms with Gasteiger partial charge in [-0.25, -0.2) is 0 Å². The zero-order valence-electron chi connectivity index (χ0n) is 13.1. The normalized spacial score (nSPS) is 17.5. The molecule has 2 aliphatic rings. The fourth-order valence-electron chi connectivity index (χ4n) is 4.74. The van der Waals surface area contributed by atoms with Gasteiger partial charge < -0.3 is 0 Å². The molecule has 0 N–H and O–H groups in total. The van der Waals surface area contributed by atoms with Crippen LogP contribution in [0.5, 0.6) is 0 Å². The minimum atomic E-state index is 1.27. The van der Waals surface area contributed by atoms with E-state index in [2.05, 4.69) is 36.4 Å². The van der Waals surface area contributed by atoms with E-state index in [4.69, 9.17) is 0 Å². The topological polar surface area (TPSA) is 0 Å². The monoisotopic (exact) mass is 286 g/mol. The molecule has 0 unspecified atom stereocenters. The van der Waals surface area contributed by atoms with Crippen molar-refractivity contribution in [1.82, 2.24) is 0 Å². The van der Waals surface area contributed by atoms with Crippen LogP contribution in [0.3, 0.4) is 0 Å². The fraction of sp³-hybridized carbons (Fsp3) is 0.364. The lowest BCUT2D eigenvalue weighted by Gasteiger charge is -2.24. The van der Waals surface area contributed by atoms with Gasteiger partial charge in [0.25, 0.3) is 0 Å². The summed E-state index contributed by atoms with van der Waals surface area (Å²) in [5.41, 5.74) is 6.54. The Labute approximate surface area is 132 Å². The first-order valence-corrected chi connectivity index (χ1v) is 8.90. The molecule has 0 radical (unpaired) electrons. The van der Waals surface area contributed by atoms with Gasteiger partial charge in [0.1, 0.15) is 0 Å². The maximum absolute atomic E-state index is 2.56. The molecule has 22 heavy (non-hydrogen) atoms. The number of hydrogen-bond acceptors (Lipinski definition) is 0. The van der Waals surface area contributed by atoms with Crippen molar-refractivity contribution >= 4 is 21.5 Å². The average molecular weight is 286 g/mol. The average Bonchev–Trinajstić information content (AvgIpc) is 2.61. The second-order valence-corrected chi connectivity index (χ2v) is 7.08. The van der Waals surface area contributed by atoms with Gasteiger partial charge in [-0.3, -0.25) is 0 Å². The SMILES string of the molecule is c1ccc2c(c1)c1c(c3cc4c(cc32)CCCC4)CCCC1. The van der Waals surface area contributed by atoms with E-state index in [1.54, 1.807) is 27.6 Å². The van der Waals surface area contributed by atoms with Crippen LogP contribution in [0.25, 0.3) is 21.5 Å². The van der Waals surface area contributed by atoms with Crippen LogP contribution < -0.4 is 0 Å². The molecule has 0 saturated heterocycles. The van der Waals surface area contributed by atoms with Gasteiger partial charge >= 0.3 is 0 Å². The van der Waals surface area contributed by atoms with Gasteiger partial charge in [0.15, 0.2) is 0 Å². The lowest BCUT2D eigenvalue weighted by Crippen LogP contribution is -2.07. The minimum absolute atomic E-state index is 1.27. The van der Waals surface area contributed by atoms with Gasteiger partial charge in [-0.2, -0.15) is 0 Å². The van der Waals surface area contributed by atoms with E-state index in [1.807, 2.05) is 0 Å². The third-order valence-electron chi connectivity index (χ3n) is 5.82. The molecule has 0 amide bonds. The molecule has 0 fully saturated rings. The Morgan fingerprint density at radius 2 is 1.05 bits per heavy atom. The van der Waals surface area contributed by atoms with E-state index >= 15 is 0 Å². The van der Waals surface area contributed by atoms with Crippen LogP contribution >= 0.6 is 0 Å². The molecular weight excluding hydrogens is 264 g/mol. The molecule has 0 spiro atoms. The Kier molecular flexibility index (Phi) is 2.80. The van der Waals surface area contributed by atoms with Gasteiger partial charge in [0.2, 0.25) is 0 Å². The van der Waals surface area contributed by atoms with E-state index in [0.717, 1.165) is 0 Å². The number of benzene rings is 3. The Hall–Kier alpha value is -1.82. The quantitative estimate of drug-likeness (QED) is 0.461. The smallest absolute Gasteiger partial charge is 0.00995 e. The van der Waals surface area contributed by atoms with E-state index in [9.17, 15) is 0 Å². The van der Waals surface area contributed by atoms with Crippen LogP contribution in [0.2, 0.25) is 0 Å². The largest absolute Gasteiger partial charge is 0.0616 e. The lowest BCUT2D eigenvalue weighted by molar-refractivity contribution is 0.685. The van der Waals surface area contributed by atoms with Crippen LogP contribution in [0, 0.1) is 0 Å². The summed E-state index contributed by atoms with van der Waals surface area (Å²) in [7, 11) is 0. The Balaban J connectivity index is 1.96. The zero-order chi connectivity index (χ0) is 14.5. The molecule has 0 aliphatic heterocycles. The molecule has 0 saturated carbocycles. The number of fused-ring (bicyclic) bond motifs is 7. The molecule has 0 nitrogen and oxygen atoms in total. The highest BCUT2D eigenvalue weighted by atomic mass is 14.2. The highest BCUT2D eigenvalue weighted by Crippen LogP contribution is 2.39. The molecule has 3 aromatic carbocycles. The van der Waals surface area contributed by atoms with Crippen LogP contribution in [-0.2, 0) is 25.7 Å². The second kappa shape index (κ2) is 4.84. The lowest BCUT2D eigenvalue weighted by atomic mass is 9.81. The van der Waals surface area contributed by atoms with Gasteiger partial charge in [0, 0.05) is 0 Å². The summed E-state index contributed by atoms with van der Waals surface area (Å²) in [6.07, 6.45) is 10.5. The molecule has 0 bridgehead atoms. The van der Waals surface area contributed by atoms with E-state index in [-0.39, 0.29) is 0 Å². The highest BCUT2D eigenvalue weighted by molar-refractivity contribution is 6.11. The molecule has 0 aromatic heterocycles. The van der Waals surface area contributed by atoms with Gasteiger partial charge in [0.05, 0.1) is 0 Å². The van der Waals surface area contributed by atoms with Crippen molar-refractivity contribution in [3.8, 4) is 0 Å². The molecule has 110 valence electrons. The molecule has 5 rings (SSSR count). The maximum atomic E-state index is 2.56. The predicted molar refractivity (Wildman–Crippen MR) is 94.7 cm³/mol. The number of hydrogen-bond donors (Lipinski definition) is 0. The summed E-state index contributed by atoms with van der Waals surface area (Å²) in [5.74, 6) is 0. The van der Waals surface area contributed by atoms with Crippen LogP contribution in [0.15, 0.2) is 36.4 Å². The van der Waals surface area contributed by atoms with E-state index in [0.29, 0.717) is 0 Å². The Morgan fingerprint density at radius 3 is 1.77 bits per heavy atom. The summed E-state index contributed by atoms with van der Waals surface area (Å²) in [4.78, 5) is 0. The standard InChI is InChI=1S/C22H22/c1-2-8-16-14-22-20-12-6-4-10-18(20)17-9-3-5-11-19(17)21(22)13-15(16)7-1/h3,5,9,11,13-14H,1-2,4,6-8,10,12H2. The molecule has 0 heteroatoms. The van der Waals surface area contributed by atoms with Crippen LogP contribution in [0.1, 0.15) is 47.9 Å². The molecule has 2 aliphatic carbocycles. The summed E-state index contributed by atoms with van der Waals surface area (Å²) in [6.45, 7) is 0. The van der Waals surface area contributed by atoms with Crippen molar-refractivity contribution in [1.29, 1.82) is 0 Å². The first-order valence-electron chi connectivity index (χ1n) is 8.90. The number of aryl methyl sites for hydroxylation is 4. The van der Waals surface area contributed by atoms with Gasteiger partial charge in [-0.05, 0) is 95.2 Å². The third kappa shape index (κ3) is 1.76. The molecule has 3 aromatic rings. The summed E-state index contributed by atoms with van der Waals surface area (Å²) in [6, 6.07) is 14.2. The highest BCUT2D eigenvalue weighted by Gasteiger charge is 2.19. The second-order valence-electron chi connectivity index (χ2n) is 7.08. The Morgan fingerprint density at radius 1 is 0.500 bits per heavy atom. The van der Waals surface area contributed by atoms with E-state index < -0.39 is 0 Å². The zero-order valence-corrected chi connectivity index (χ0v) is 13.1. The summed E-state index contributed by atoms with van der Waals surface area (Å²) < 4.78 is 0. The predicted octanol–water partition coefficient (Wildman–Crippen LogP) is 5.75. The van der Waals surface area contributed by atoms with Crippen LogP contribution in [0.4, 0.5) is 0 Å². The van der Waals surface area contributed by atoms with Crippen molar-refractivity contribution in [2.45, 2.75) is 51.4 Å². The van der Waals surface area contributed by atoms with Crippen LogP contribution in [-0.4, -0.2) is 0 Å². The molecule has 0 atom stereocenters. The maximum Gasteiger partial charge on any atom is -0.00995 e. The van der Waals surface area contributed by atoms with Crippen molar-refractivity contribution in [3.63, 3.8) is 0 Å². The van der Waals surface area contributed by atoms with Crippen molar-refractivity contribution in [2.75, 3.05) is 0 Å². The van der Waals surface area contributed by atoms with Crippen molar-refractivity contribution in [3.05, 3.63) is 58.7 Å². The first kappa shape index (κ1) is 12.7. The van der Waals surface area contributed by atoms with Gasteiger partial charge in [-0.15, -0.1) is 0 Å². The van der Waals surface area contributed by atoms with Crippen molar-refractivity contribution in [2.24, 2.45) is 0 Å².